The minimum absolute atomic E-state index is 0.0768. The van der Waals surface area contributed by atoms with E-state index in [1.165, 1.54) is 0 Å². The maximum atomic E-state index is 13.3. The summed E-state index contributed by atoms with van der Waals surface area (Å²) in [6.45, 7) is 6.78. The average Bonchev–Trinajstić information content (AvgIpc) is 3.23. The highest BCUT2D eigenvalue weighted by atomic mass is 16.5. The van der Waals surface area contributed by atoms with Crippen LogP contribution in [0.3, 0.4) is 0 Å². The molecule has 2 aliphatic heterocycles. The summed E-state index contributed by atoms with van der Waals surface area (Å²) in [5.74, 6) is -0.858. The van der Waals surface area contributed by atoms with Crippen LogP contribution in [0.2, 0.25) is 0 Å². The molecule has 2 fully saturated rings. The number of hydrogen-bond donors (Lipinski definition) is 1. The van der Waals surface area contributed by atoms with Crippen LogP contribution in [0.25, 0.3) is 5.76 Å². The molecule has 3 heterocycles. The van der Waals surface area contributed by atoms with E-state index in [4.69, 9.17) is 9.47 Å². The monoisotopic (exact) mass is 527 g/mol. The van der Waals surface area contributed by atoms with Gasteiger partial charge in [-0.15, -0.1) is 0 Å². The first-order valence-corrected chi connectivity index (χ1v) is 13.3. The maximum absolute atomic E-state index is 13.3. The normalized spacial score (nSPS) is 19.4. The lowest BCUT2D eigenvalue weighted by molar-refractivity contribution is -0.140. The maximum Gasteiger partial charge on any atom is 0.295 e. The lowest BCUT2D eigenvalue weighted by Crippen LogP contribution is -2.39. The molecule has 0 bridgehead atoms. The molecule has 0 saturated carbocycles. The first-order chi connectivity index (χ1) is 19.0. The molecule has 1 atom stereocenters. The predicted octanol–water partition coefficient (Wildman–Crippen LogP) is 4.11. The van der Waals surface area contributed by atoms with Gasteiger partial charge in [0.2, 0.25) is 0 Å². The van der Waals surface area contributed by atoms with Gasteiger partial charge in [0.05, 0.1) is 24.8 Å². The summed E-state index contributed by atoms with van der Waals surface area (Å²) in [6, 6.07) is 17.8. The Morgan fingerprint density at radius 1 is 1.03 bits per heavy atom. The van der Waals surface area contributed by atoms with Crippen molar-refractivity contribution < 1.29 is 24.2 Å². The second kappa shape index (κ2) is 12.2. The van der Waals surface area contributed by atoms with E-state index < -0.39 is 17.7 Å². The summed E-state index contributed by atoms with van der Waals surface area (Å²) in [5.41, 5.74) is 3.45. The number of pyridine rings is 1. The van der Waals surface area contributed by atoms with Gasteiger partial charge in [-0.2, -0.15) is 0 Å². The summed E-state index contributed by atoms with van der Waals surface area (Å²) in [6.07, 6.45) is 3.99. The lowest BCUT2D eigenvalue weighted by Gasteiger charge is -2.29. The van der Waals surface area contributed by atoms with Crippen molar-refractivity contribution >= 4 is 17.4 Å². The number of amides is 1. The zero-order valence-electron chi connectivity index (χ0n) is 22.1. The number of carbonyl (C=O) groups excluding carboxylic acids is 2. The van der Waals surface area contributed by atoms with Crippen molar-refractivity contribution in [3.63, 3.8) is 0 Å². The Morgan fingerprint density at radius 3 is 2.51 bits per heavy atom. The molecule has 0 aliphatic carbocycles. The average molecular weight is 528 g/mol. The molecule has 1 aromatic heterocycles. The number of morpholine rings is 1. The highest BCUT2D eigenvalue weighted by molar-refractivity contribution is 6.46. The number of aliphatic hydroxyl groups is 1. The number of ketones is 1. The molecule has 1 unspecified atom stereocenters. The number of aromatic nitrogens is 1. The Morgan fingerprint density at radius 2 is 1.79 bits per heavy atom. The molecular weight excluding hydrogens is 494 g/mol. The summed E-state index contributed by atoms with van der Waals surface area (Å²) < 4.78 is 11.3. The van der Waals surface area contributed by atoms with Crippen LogP contribution in [0.15, 0.2) is 78.6 Å². The van der Waals surface area contributed by atoms with Crippen LogP contribution in [0, 0.1) is 6.92 Å². The van der Waals surface area contributed by atoms with E-state index in [0.717, 1.165) is 30.8 Å². The largest absolute Gasteiger partial charge is 0.507 e. The van der Waals surface area contributed by atoms with Crippen LogP contribution >= 0.6 is 0 Å². The van der Waals surface area contributed by atoms with Gasteiger partial charge in [0.1, 0.15) is 18.1 Å². The molecule has 1 amide bonds. The van der Waals surface area contributed by atoms with Crippen molar-refractivity contribution in [1.82, 2.24) is 14.8 Å². The summed E-state index contributed by atoms with van der Waals surface area (Å²) >= 11 is 0. The zero-order valence-corrected chi connectivity index (χ0v) is 22.1. The molecule has 0 radical (unpaired) electrons. The number of likely N-dealkylation sites (tertiary alicyclic amines) is 1. The van der Waals surface area contributed by atoms with E-state index >= 15 is 0 Å². The van der Waals surface area contributed by atoms with Crippen LogP contribution < -0.4 is 4.74 Å². The Hall–Kier alpha value is -4.01. The number of rotatable bonds is 9. The van der Waals surface area contributed by atoms with Crippen molar-refractivity contribution in [2.24, 2.45) is 0 Å². The third kappa shape index (κ3) is 6.02. The number of Topliss-reactive ketones (excluding diaryl/α,β-unsaturated/α-hetero) is 1. The van der Waals surface area contributed by atoms with E-state index in [0.29, 0.717) is 49.7 Å². The van der Waals surface area contributed by atoms with E-state index in [1.54, 1.807) is 47.6 Å². The molecule has 202 valence electrons. The van der Waals surface area contributed by atoms with E-state index in [-0.39, 0.29) is 11.3 Å². The Kier molecular flexibility index (Phi) is 8.34. The molecule has 39 heavy (non-hydrogen) atoms. The first-order valence-electron chi connectivity index (χ1n) is 13.3. The van der Waals surface area contributed by atoms with Crippen LogP contribution in [0.5, 0.6) is 5.75 Å². The van der Waals surface area contributed by atoms with Crippen LogP contribution in [0.1, 0.15) is 34.7 Å². The summed E-state index contributed by atoms with van der Waals surface area (Å²) in [7, 11) is 0. The fourth-order valence-corrected chi connectivity index (χ4v) is 5.08. The highest BCUT2D eigenvalue weighted by Crippen LogP contribution is 2.39. The van der Waals surface area contributed by atoms with Crippen LogP contribution in [-0.2, 0) is 20.9 Å². The minimum atomic E-state index is -0.708. The van der Waals surface area contributed by atoms with E-state index in [9.17, 15) is 14.7 Å². The van der Waals surface area contributed by atoms with Crippen LogP contribution in [-0.4, -0.2) is 71.0 Å². The van der Waals surface area contributed by atoms with Crippen molar-refractivity contribution in [1.29, 1.82) is 0 Å². The van der Waals surface area contributed by atoms with Gasteiger partial charge in [-0.3, -0.25) is 19.5 Å². The molecule has 2 aliphatic rings. The lowest BCUT2D eigenvalue weighted by atomic mass is 9.96. The van der Waals surface area contributed by atoms with Gasteiger partial charge in [-0.1, -0.05) is 30.3 Å². The molecule has 2 aromatic carbocycles. The van der Waals surface area contributed by atoms with Gasteiger partial charge in [0.25, 0.3) is 11.7 Å². The Labute approximate surface area is 228 Å². The van der Waals surface area contributed by atoms with Crippen LogP contribution in [0.4, 0.5) is 0 Å². The molecule has 8 nitrogen and oxygen atoms in total. The number of carbonyl (C=O) groups is 2. The molecule has 3 aromatic rings. The number of ether oxygens (including phenoxy) is 2. The van der Waals surface area contributed by atoms with Gasteiger partial charge in [-0.25, -0.2) is 0 Å². The van der Waals surface area contributed by atoms with Gasteiger partial charge >= 0.3 is 0 Å². The first kappa shape index (κ1) is 26.6. The number of aliphatic hydroxyl groups excluding tert-OH is 1. The van der Waals surface area contributed by atoms with Gasteiger partial charge in [0.15, 0.2) is 0 Å². The standard InChI is InChI=1S/C31H33N3O5/c1-22-6-2-3-7-25(22)21-39-26-11-9-23(10-12-26)29(35)27-28(24-8-4-13-32-20-24)34(31(37)30(27)36)15-5-14-33-16-18-38-19-17-33/h2-4,6-13,20,28,35H,5,14-19,21H2,1H3/b29-27+. The van der Waals surface area contributed by atoms with Gasteiger partial charge in [0, 0.05) is 44.1 Å². The number of aryl methyl sites for hydroxylation is 1. The van der Waals surface area contributed by atoms with Crippen molar-refractivity contribution in [2.45, 2.75) is 26.0 Å². The van der Waals surface area contributed by atoms with Crippen molar-refractivity contribution in [2.75, 3.05) is 39.4 Å². The Bertz CT molecular complexity index is 1330. The van der Waals surface area contributed by atoms with Gasteiger partial charge < -0.3 is 19.5 Å². The van der Waals surface area contributed by atoms with Crippen molar-refractivity contribution in [3.05, 3.63) is 101 Å². The molecular formula is C31H33N3O5. The third-order valence-electron chi connectivity index (χ3n) is 7.30. The summed E-state index contributed by atoms with van der Waals surface area (Å²) in [5, 5.41) is 11.3. The molecule has 1 N–H and O–H groups in total. The van der Waals surface area contributed by atoms with Crippen molar-refractivity contribution in [3.8, 4) is 5.75 Å². The fraction of sp³-hybridized carbons (Fsp3) is 0.323. The second-order valence-electron chi connectivity index (χ2n) is 9.83. The highest BCUT2D eigenvalue weighted by Gasteiger charge is 2.45. The molecule has 0 spiro atoms. The quantitative estimate of drug-likeness (QED) is 0.254. The van der Waals surface area contributed by atoms with E-state index in [1.807, 2.05) is 37.3 Å². The minimum Gasteiger partial charge on any atom is -0.507 e. The predicted molar refractivity (Wildman–Crippen MR) is 147 cm³/mol. The second-order valence-corrected chi connectivity index (χ2v) is 9.83. The summed E-state index contributed by atoms with van der Waals surface area (Å²) in [4.78, 5) is 34.5. The molecule has 5 rings (SSSR count). The van der Waals surface area contributed by atoms with Gasteiger partial charge in [-0.05, 0) is 60.4 Å². The molecule has 2 saturated heterocycles. The Balaban J connectivity index is 1.36. The number of nitrogens with zero attached hydrogens (tertiary/aromatic N) is 3. The third-order valence-corrected chi connectivity index (χ3v) is 7.30. The number of benzene rings is 2. The smallest absolute Gasteiger partial charge is 0.295 e. The molecule has 8 heteroatoms. The van der Waals surface area contributed by atoms with E-state index in [2.05, 4.69) is 9.88 Å². The SMILES string of the molecule is Cc1ccccc1COc1ccc(/C(O)=C2\C(=O)C(=O)N(CCCN3CCOCC3)C2c2cccnc2)cc1. The fourth-order valence-electron chi connectivity index (χ4n) is 5.08. The topological polar surface area (TPSA) is 92.2 Å². The zero-order chi connectivity index (χ0) is 27.2. The number of hydrogen-bond acceptors (Lipinski definition) is 7.